The van der Waals surface area contributed by atoms with Gasteiger partial charge < -0.3 is 20.4 Å². The third-order valence-corrected chi connectivity index (χ3v) is 6.26. The number of halogens is 1. The molecule has 2 aliphatic heterocycles. The molecule has 8 nitrogen and oxygen atoms in total. The van der Waals surface area contributed by atoms with Gasteiger partial charge in [-0.05, 0) is 36.4 Å². The lowest BCUT2D eigenvalue weighted by Crippen LogP contribution is -2.60. The molecule has 0 aliphatic carbocycles. The van der Waals surface area contributed by atoms with E-state index < -0.39 is 6.04 Å². The Hall–Kier alpha value is -3.10. The lowest BCUT2D eigenvalue weighted by atomic mass is 10.1. The van der Waals surface area contributed by atoms with Crippen LogP contribution in [0, 0.1) is 0 Å². The maximum atomic E-state index is 13.1. The fourth-order valence-corrected chi connectivity index (χ4v) is 4.35. The van der Waals surface area contributed by atoms with Crippen LogP contribution in [0.1, 0.15) is 6.42 Å². The molecule has 2 aliphatic rings. The number of nitrogens with one attached hydrogen (secondary N) is 2. The fourth-order valence-electron chi connectivity index (χ4n) is 4.22. The second-order valence-corrected chi connectivity index (χ2v) is 8.69. The summed E-state index contributed by atoms with van der Waals surface area (Å²) in [7, 11) is 0. The van der Waals surface area contributed by atoms with Crippen molar-refractivity contribution < 1.29 is 14.4 Å². The first-order valence-electron chi connectivity index (χ1n) is 11.1. The molecular formula is C24H28ClN5O3. The highest BCUT2D eigenvalue weighted by Gasteiger charge is 2.35. The predicted octanol–water partition coefficient (Wildman–Crippen LogP) is 1.82. The Morgan fingerprint density at radius 3 is 2.36 bits per heavy atom. The molecule has 2 aromatic carbocycles. The van der Waals surface area contributed by atoms with Gasteiger partial charge in [0.05, 0.1) is 13.0 Å². The summed E-state index contributed by atoms with van der Waals surface area (Å²) in [5.74, 6) is -0.745. The van der Waals surface area contributed by atoms with Crippen LogP contribution in [0.15, 0.2) is 54.6 Å². The predicted molar refractivity (Wildman–Crippen MR) is 128 cm³/mol. The minimum absolute atomic E-state index is 0.0953. The fraction of sp³-hybridized carbons (Fsp3) is 0.375. The summed E-state index contributed by atoms with van der Waals surface area (Å²) in [6, 6.07) is 16.2. The smallest absolute Gasteiger partial charge is 0.243 e. The minimum Gasteiger partial charge on any atom is -0.369 e. The lowest BCUT2D eigenvalue weighted by Gasteiger charge is -2.39. The van der Waals surface area contributed by atoms with Gasteiger partial charge in [0.2, 0.25) is 17.7 Å². The minimum atomic E-state index is -0.816. The molecule has 2 heterocycles. The van der Waals surface area contributed by atoms with Crippen LogP contribution in [0.25, 0.3) is 0 Å². The number of amides is 3. The van der Waals surface area contributed by atoms with Gasteiger partial charge in [0.25, 0.3) is 0 Å². The molecule has 3 amide bonds. The first kappa shape index (κ1) is 23.1. The summed E-state index contributed by atoms with van der Waals surface area (Å²) < 4.78 is 0. The van der Waals surface area contributed by atoms with Crippen LogP contribution < -0.4 is 15.5 Å². The molecule has 0 radical (unpaired) electrons. The normalized spacial score (nSPS) is 19.2. The van der Waals surface area contributed by atoms with E-state index in [2.05, 4.69) is 32.6 Å². The van der Waals surface area contributed by atoms with E-state index in [-0.39, 0.29) is 30.7 Å². The van der Waals surface area contributed by atoms with Gasteiger partial charge in [-0.2, -0.15) is 0 Å². The van der Waals surface area contributed by atoms with E-state index >= 15 is 0 Å². The Bertz CT molecular complexity index is 977. The van der Waals surface area contributed by atoms with Crippen LogP contribution >= 0.6 is 11.6 Å². The molecule has 9 heteroatoms. The van der Waals surface area contributed by atoms with Crippen LogP contribution in [-0.2, 0) is 14.4 Å². The van der Waals surface area contributed by atoms with Gasteiger partial charge in [-0.1, -0.05) is 29.8 Å². The molecule has 2 N–H and O–H groups in total. The standard InChI is InChI=1S/C24H28ClN5O3/c25-18-6-8-19(9-7-18)27-22(31)16-21-24(33)26-10-11-30(21)23(32)17-28-12-14-29(15-13-28)20-4-2-1-3-5-20/h1-9,21H,10-17H2,(H,26,33)(H,27,31). The Morgan fingerprint density at radius 1 is 0.970 bits per heavy atom. The van der Waals surface area contributed by atoms with Gasteiger partial charge in [-0.15, -0.1) is 0 Å². The monoisotopic (exact) mass is 469 g/mol. The molecule has 33 heavy (non-hydrogen) atoms. The molecule has 0 bridgehead atoms. The summed E-state index contributed by atoms with van der Waals surface area (Å²) in [5, 5.41) is 6.11. The topological polar surface area (TPSA) is 85.0 Å². The third kappa shape index (κ3) is 6.03. The van der Waals surface area contributed by atoms with Crippen molar-refractivity contribution in [1.82, 2.24) is 15.1 Å². The largest absolute Gasteiger partial charge is 0.369 e. The van der Waals surface area contributed by atoms with Crippen molar-refractivity contribution in [2.75, 3.05) is 56.0 Å². The summed E-state index contributed by atoms with van der Waals surface area (Å²) >= 11 is 5.88. The zero-order valence-electron chi connectivity index (χ0n) is 18.4. The van der Waals surface area contributed by atoms with E-state index in [1.807, 2.05) is 18.2 Å². The number of para-hydroxylation sites is 1. The first-order chi connectivity index (χ1) is 16.0. The van der Waals surface area contributed by atoms with E-state index in [4.69, 9.17) is 11.6 Å². The summed E-state index contributed by atoms with van der Waals surface area (Å²) in [6.45, 7) is 4.24. The Labute approximate surface area is 198 Å². The van der Waals surface area contributed by atoms with Crippen molar-refractivity contribution in [1.29, 1.82) is 0 Å². The Morgan fingerprint density at radius 2 is 1.67 bits per heavy atom. The number of rotatable bonds is 6. The maximum absolute atomic E-state index is 13.1. The van der Waals surface area contributed by atoms with Crippen LogP contribution in [0.2, 0.25) is 5.02 Å². The van der Waals surface area contributed by atoms with Crippen molar-refractivity contribution in [2.24, 2.45) is 0 Å². The quantitative estimate of drug-likeness (QED) is 0.674. The van der Waals surface area contributed by atoms with Gasteiger partial charge >= 0.3 is 0 Å². The van der Waals surface area contributed by atoms with Crippen molar-refractivity contribution >= 4 is 40.7 Å². The van der Waals surface area contributed by atoms with E-state index in [1.54, 1.807) is 29.2 Å². The molecule has 0 aromatic heterocycles. The number of hydrogen-bond donors (Lipinski definition) is 2. The molecular weight excluding hydrogens is 442 g/mol. The number of piperazine rings is 2. The van der Waals surface area contributed by atoms with Crippen molar-refractivity contribution in [3.05, 3.63) is 59.6 Å². The van der Waals surface area contributed by atoms with Crippen molar-refractivity contribution in [3.8, 4) is 0 Å². The Kier molecular flexibility index (Phi) is 7.47. The molecule has 2 saturated heterocycles. The van der Waals surface area contributed by atoms with Gasteiger partial charge in [0.1, 0.15) is 6.04 Å². The number of carbonyl (C=O) groups is 3. The van der Waals surface area contributed by atoms with Crippen LogP contribution in [0.3, 0.4) is 0 Å². The summed E-state index contributed by atoms with van der Waals surface area (Å²) in [5.41, 5.74) is 1.78. The van der Waals surface area contributed by atoms with E-state index in [9.17, 15) is 14.4 Å². The highest BCUT2D eigenvalue weighted by molar-refractivity contribution is 6.30. The van der Waals surface area contributed by atoms with Crippen LogP contribution in [0.5, 0.6) is 0 Å². The number of anilines is 2. The molecule has 2 aromatic rings. The highest BCUT2D eigenvalue weighted by atomic mass is 35.5. The second kappa shape index (κ2) is 10.7. The molecule has 0 saturated carbocycles. The molecule has 1 unspecified atom stereocenters. The SMILES string of the molecule is O=C(CC1C(=O)NCCN1C(=O)CN1CCN(c2ccccc2)CC1)Nc1ccc(Cl)cc1. The number of carbonyl (C=O) groups excluding carboxylic acids is 3. The van der Waals surface area contributed by atoms with Crippen LogP contribution in [-0.4, -0.2) is 79.4 Å². The van der Waals surface area contributed by atoms with Gasteiger partial charge in [0.15, 0.2) is 0 Å². The van der Waals surface area contributed by atoms with Crippen molar-refractivity contribution in [2.45, 2.75) is 12.5 Å². The molecule has 0 spiro atoms. The molecule has 2 fully saturated rings. The molecule has 4 rings (SSSR count). The van der Waals surface area contributed by atoms with Gasteiger partial charge in [-0.3, -0.25) is 19.3 Å². The van der Waals surface area contributed by atoms with Gasteiger partial charge in [-0.25, -0.2) is 0 Å². The second-order valence-electron chi connectivity index (χ2n) is 8.25. The van der Waals surface area contributed by atoms with Crippen LogP contribution in [0.4, 0.5) is 11.4 Å². The average Bonchev–Trinajstić information content (AvgIpc) is 2.83. The zero-order valence-corrected chi connectivity index (χ0v) is 19.1. The van der Waals surface area contributed by atoms with E-state index in [1.165, 1.54) is 5.69 Å². The first-order valence-corrected chi connectivity index (χ1v) is 11.5. The molecule has 174 valence electrons. The number of benzene rings is 2. The lowest BCUT2D eigenvalue weighted by molar-refractivity contribution is -0.145. The van der Waals surface area contributed by atoms with E-state index in [0.29, 0.717) is 23.8 Å². The Balaban J connectivity index is 1.32. The molecule has 1 atom stereocenters. The zero-order chi connectivity index (χ0) is 23.2. The summed E-state index contributed by atoms with van der Waals surface area (Å²) in [6.07, 6.45) is -0.0953. The number of hydrogen-bond acceptors (Lipinski definition) is 5. The third-order valence-electron chi connectivity index (χ3n) is 6.01. The number of nitrogens with zero attached hydrogens (tertiary/aromatic N) is 3. The highest BCUT2D eigenvalue weighted by Crippen LogP contribution is 2.18. The average molecular weight is 470 g/mol. The van der Waals surface area contributed by atoms with E-state index in [0.717, 1.165) is 26.2 Å². The summed E-state index contributed by atoms with van der Waals surface area (Å²) in [4.78, 5) is 44.1. The maximum Gasteiger partial charge on any atom is 0.243 e. The van der Waals surface area contributed by atoms with Crippen molar-refractivity contribution in [3.63, 3.8) is 0 Å². The van der Waals surface area contributed by atoms with Gasteiger partial charge in [0, 0.05) is 55.7 Å².